The van der Waals surface area contributed by atoms with Crippen LogP contribution < -0.4 is 5.32 Å². The molecule has 3 rings (SSSR count). The van der Waals surface area contributed by atoms with Gasteiger partial charge in [0.15, 0.2) is 0 Å². The lowest BCUT2D eigenvalue weighted by Gasteiger charge is -2.48. The van der Waals surface area contributed by atoms with Gasteiger partial charge in [-0.15, -0.1) is 0 Å². The zero-order chi connectivity index (χ0) is 15.0. The smallest absolute Gasteiger partial charge is 0.0309 e. The number of hydrogen-bond donors (Lipinski definition) is 1. The minimum Gasteiger partial charge on any atom is -0.308 e. The Hall–Kier alpha value is -0.860. The Morgan fingerprint density at radius 2 is 2.10 bits per heavy atom. The van der Waals surface area contributed by atoms with E-state index in [1.807, 2.05) is 0 Å². The van der Waals surface area contributed by atoms with Crippen molar-refractivity contribution >= 4 is 0 Å². The summed E-state index contributed by atoms with van der Waals surface area (Å²) in [6, 6.07) is 9.65. The van der Waals surface area contributed by atoms with Gasteiger partial charge in [-0.25, -0.2) is 0 Å². The molecular formula is C19H30N2. The topological polar surface area (TPSA) is 15.3 Å². The van der Waals surface area contributed by atoms with Gasteiger partial charge in [0.2, 0.25) is 0 Å². The standard InChI is InChI=1S/C19H30N2/c1-14(2)18-11-20-19(4,17-8-9-17)13-21(18)12-16-7-5-6-15(3)10-16/h5-7,10,14,17-18,20H,8-9,11-13H2,1-4H3. The van der Waals surface area contributed by atoms with Gasteiger partial charge in [-0.2, -0.15) is 0 Å². The summed E-state index contributed by atoms with van der Waals surface area (Å²) in [6.07, 6.45) is 2.82. The molecule has 2 aliphatic rings. The molecule has 21 heavy (non-hydrogen) atoms. The summed E-state index contributed by atoms with van der Waals surface area (Å²) in [6.45, 7) is 12.8. The van der Waals surface area contributed by atoms with Crippen molar-refractivity contribution in [2.75, 3.05) is 13.1 Å². The first-order chi connectivity index (χ1) is 9.98. The molecule has 2 nitrogen and oxygen atoms in total. The van der Waals surface area contributed by atoms with E-state index in [9.17, 15) is 0 Å². The van der Waals surface area contributed by atoms with Crippen LogP contribution in [-0.2, 0) is 6.54 Å². The molecule has 0 amide bonds. The van der Waals surface area contributed by atoms with Gasteiger partial charge in [0.25, 0.3) is 0 Å². The van der Waals surface area contributed by atoms with Crippen LogP contribution in [0, 0.1) is 18.8 Å². The third-order valence-corrected chi connectivity index (χ3v) is 5.43. The van der Waals surface area contributed by atoms with Crippen LogP contribution >= 0.6 is 0 Å². The second-order valence-electron chi connectivity index (χ2n) is 7.78. The van der Waals surface area contributed by atoms with Crippen LogP contribution in [0.4, 0.5) is 0 Å². The van der Waals surface area contributed by atoms with Crippen molar-refractivity contribution in [3.63, 3.8) is 0 Å². The molecule has 1 aliphatic heterocycles. The fourth-order valence-corrected chi connectivity index (χ4v) is 3.93. The quantitative estimate of drug-likeness (QED) is 0.910. The SMILES string of the molecule is Cc1cccc(CN2CC(C)(C3CC3)NCC2C(C)C)c1. The Labute approximate surface area is 129 Å². The molecule has 1 saturated heterocycles. The molecule has 1 aromatic rings. The second kappa shape index (κ2) is 5.73. The summed E-state index contributed by atoms with van der Waals surface area (Å²) in [5, 5.41) is 3.87. The molecule has 2 fully saturated rings. The molecule has 2 unspecified atom stereocenters. The Balaban J connectivity index is 1.77. The molecule has 0 aromatic heterocycles. The first-order valence-corrected chi connectivity index (χ1v) is 8.52. The van der Waals surface area contributed by atoms with E-state index in [4.69, 9.17) is 0 Å². The van der Waals surface area contributed by atoms with Crippen molar-refractivity contribution in [2.45, 2.75) is 58.7 Å². The number of rotatable bonds is 4. The minimum atomic E-state index is 0.329. The third kappa shape index (κ3) is 3.32. The Morgan fingerprint density at radius 3 is 2.71 bits per heavy atom. The van der Waals surface area contributed by atoms with Crippen LogP contribution in [0.25, 0.3) is 0 Å². The maximum absolute atomic E-state index is 3.87. The summed E-state index contributed by atoms with van der Waals surface area (Å²) < 4.78 is 0. The summed E-state index contributed by atoms with van der Waals surface area (Å²) in [5.41, 5.74) is 3.16. The zero-order valence-corrected chi connectivity index (χ0v) is 14.0. The predicted octanol–water partition coefficient (Wildman–Crippen LogP) is 3.59. The van der Waals surface area contributed by atoms with E-state index in [-0.39, 0.29) is 0 Å². The van der Waals surface area contributed by atoms with E-state index in [2.05, 4.69) is 62.2 Å². The van der Waals surface area contributed by atoms with Crippen LogP contribution in [0.5, 0.6) is 0 Å². The van der Waals surface area contributed by atoms with Gasteiger partial charge in [0.05, 0.1) is 0 Å². The average Bonchev–Trinajstić information content (AvgIpc) is 3.23. The van der Waals surface area contributed by atoms with E-state index < -0.39 is 0 Å². The summed E-state index contributed by atoms with van der Waals surface area (Å²) in [5.74, 6) is 1.59. The molecular weight excluding hydrogens is 256 g/mol. The fraction of sp³-hybridized carbons (Fsp3) is 0.684. The highest BCUT2D eigenvalue weighted by atomic mass is 15.3. The van der Waals surface area contributed by atoms with E-state index in [0.29, 0.717) is 17.5 Å². The molecule has 1 saturated carbocycles. The van der Waals surface area contributed by atoms with E-state index in [1.165, 1.54) is 30.5 Å². The lowest BCUT2D eigenvalue weighted by molar-refractivity contribution is 0.0462. The average molecular weight is 286 g/mol. The van der Waals surface area contributed by atoms with Crippen molar-refractivity contribution in [2.24, 2.45) is 11.8 Å². The highest BCUT2D eigenvalue weighted by Crippen LogP contribution is 2.42. The van der Waals surface area contributed by atoms with Gasteiger partial charge >= 0.3 is 0 Å². The van der Waals surface area contributed by atoms with Gasteiger partial charge in [-0.1, -0.05) is 43.7 Å². The molecule has 2 atom stereocenters. The van der Waals surface area contributed by atoms with Gasteiger partial charge in [0.1, 0.15) is 0 Å². The van der Waals surface area contributed by atoms with E-state index in [1.54, 1.807) is 0 Å². The highest BCUT2D eigenvalue weighted by molar-refractivity contribution is 5.22. The van der Waals surface area contributed by atoms with Crippen LogP contribution in [0.15, 0.2) is 24.3 Å². The zero-order valence-electron chi connectivity index (χ0n) is 14.0. The van der Waals surface area contributed by atoms with Crippen LogP contribution in [-0.4, -0.2) is 29.6 Å². The molecule has 1 N–H and O–H groups in total. The molecule has 0 radical (unpaired) electrons. The Bertz CT molecular complexity index is 492. The van der Waals surface area contributed by atoms with Gasteiger partial charge in [-0.05, 0) is 44.1 Å². The Morgan fingerprint density at radius 1 is 1.33 bits per heavy atom. The molecule has 1 heterocycles. The second-order valence-corrected chi connectivity index (χ2v) is 7.78. The maximum Gasteiger partial charge on any atom is 0.0309 e. The summed E-state index contributed by atoms with van der Waals surface area (Å²) in [7, 11) is 0. The number of nitrogens with one attached hydrogen (secondary N) is 1. The van der Waals surface area contributed by atoms with Crippen molar-refractivity contribution in [1.82, 2.24) is 10.2 Å². The van der Waals surface area contributed by atoms with Crippen molar-refractivity contribution in [1.29, 1.82) is 0 Å². The molecule has 1 aliphatic carbocycles. The first-order valence-electron chi connectivity index (χ1n) is 8.52. The lowest BCUT2D eigenvalue weighted by atomic mass is 9.87. The van der Waals surface area contributed by atoms with Gasteiger partial charge < -0.3 is 5.32 Å². The molecule has 0 spiro atoms. The Kier molecular flexibility index (Phi) is 4.11. The lowest BCUT2D eigenvalue weighted by Crippen LogP contribution is -2.64. The molecule has 0 bridgehead atoms. The van der Waals surface area contributed by atoms with Gasteiger partial charge in [-0.3, -0.25) is 4.90 Å². The molecule has 2 heteroatoms. The van der Waals surface area contributed by atoms with Crippen LogP contribution in [0.1, 0.15) is 44.7 Å². The van der Waals surface area contributed by atoms with E-state index in [0.717, 1.165) is 19.0 Å². The van der Waals surface area contributed by atoms with E-state index >= 15 is 0 Å². The maximum atomic E-state index is 3.87. The van der Waals surface area contributed by atoms with Gasteiger partial charge in [0, 0.05) is 31.2 Å². The van der Waals surface area contributed by atoms with Crippen molar-refractivity contribution in [3.05, 3.63) is 35.4 Å². The number of benzene rings is 1. The molecule has 1 aromatic carbocycles. The monoisotopic (exact) mass is 286 g/mol. The number of hydrogen-bond acceptors (Lipinski definition) is 2. The third-order valence-electron chi connectivity index (χ3n) is 5.43. The predicted molar refractivity (Wildman–Crippen MR) is 89.3 cm³/mol. The number of piperazine rings is 1. The summed E-state index contributed by atoms with van der Waals surface area (Å²) in [4.78, 5) is 2.73. The summed E-state index contributed by atoms with van der Waals surface area (Å²) >= 11 is 0. The highest BCUT2D eigenvalue weighted by Gasteiger charge is 2.46. The minimum absolute atomic E-state index is 0.329. The van der Waals surface area contributed by atoms with Crippen LogP contribution in [0.2, 0.25) is 0 Å². The first kappa shape index (κ1) is 15.1. The van der Waals surface area contributed by atoms with Crippen molar-refractivity contribution < 1.29 is 0 Å². The van der Waals surface area contributed by atoms with Crippen LogP contribution in [0.3, 0.4) is 0 Å². The normalized spacial score (nSPS) is 30.8. The molecule has 116 valence electrons. The number of nitrogens with zero attached hydrogens (tertiary/aromatic N) is 1. The fourth-order valence-electron chi connectivity index (χ4n) is 3.93. The largest absolute Gasteiger partial charge is 0.308 e. The number of aryl methyl sites for hydroxylation is 1. The van der Waals surface area contributed by atoms with Crippen molar-refractivity contribution in [3.8, 4) is 0 Å².